The van der Waals surface area contributed by atoms with Crippen molar-refractivity contribution in [2.75, 3.05) is 7.11 Å². The number of ketones is 1. The zero-order chi connectivity index (χ0) is 20.4. The third-order valence-electron chi connectivity index (χ3n) is 4.47. The van der Waals surface area contributed by atoms with E-state index in [1.165, 1.54) is 11.3 Å². The predicted octanol–water partition coefficient (Wildman–Crippen LogP) is 4.83. The van der Waals surface area contributed by atoms with Crippen molar-refractivity contribution in [3.63, 3.8) is 0 Å². The number of carbonyl (C=O) groups excluding carboxylic acids is 2. The lowest BCUT2D eigenvalue weighted by Gasteiger charge is -2.07. The van der Waals surface area contributed by atoms with Crippen LogP contribution in [0, 0.1) is 6.92 Å². The van der Waals surface area contributed by atoms with E-state index in [0.29, 0.717) is 28.4 Å². The van der Waals surface area contributed by atoms with Gasteiger partial charge in [-0.25, -0.2) is 0 Å². The minimum absolute atomic E-state index is 0.197. The SMILES string of the molecule is COc1cccc(/C=C2\Oc3cc(OC(=O)Cc4cccs4)cc(C)c3C2=O)c1. The van der Waals surface area contributed by atoms with E-state index in [1.807, 2.05) is 41.8 Å². The monoisotopic (exact) mass is 406 g/mol. The topological polar surface area (TPSA) is 61.8 Å². The maximum Gasteiger partial charge on any atom is 0.316 e. The van der Waals surface area contributed by atoms with Gasteiger partial charge in [0.05, 0.1) is 19.1 Å². The highest BCUT2D eigenvalue weighted by atomic mass is 32.1. The number of allylic oxidation sites excluding steroid dienone is 1. The van der Waals surface area contributed by atoms with Crippen molar-refractivity contribution in [3.05, 3.63) is 81.2 Å². The van der Waals surface area contributed by atoms with Crippen LogP contribution in [-0.4, -0.2) is 18.9 Å². The van der Waals surface area contributed by atoms with Crippen LogP contribution in [0.1, 0.15) is 26.4 Å². The number of aryl methyl sites for hydroxylation is 1. The Balaban J connectivity index is 1.56. The van der Waals surface area contributed by atoms with E-state index < -0.39 is 0 Å². The van der Waals surface area contributed by atoms with Crippen molar-refractivity contribution in [1.29, 1.82) is 0 Å². The first-order chi connectivity index (χ1) is 14.0. The van der Waals surface area contributed by atoms with E-state index in [4.69, 9.17) is 14.2 Å². The van der Waals surface area contributed by atoms with Gasteiger partial charge in [-0.2, -0.15) is 0 Å². The fourth-order valence-corrected chi connectivity index (χ4v) is 3.83. The molecule has 0 saturated carbocycles. The Morgan fingerprint density at radius 3 is 2.76 bits per heavy atom. The first kappa shape index (κ1) is 19.0. The first-order valence-corrected chi connectivity index (χ1v) is 9.87. The molecule has 1 aliphatic rings. The molecule has 3 aromatic rings. The summed E-state index contributed by atoms with van der Waals surface area (Å²) in [6, 6.07) is 14.4. The summed E-state index contributed by atoms with van der Waals surface area (Å²) in [7, 11) is 1.59. The molecule has 0 bridgehead atoms. The molecule has 0 N–H and O–H groups in total. The van der Waals surface area contributed by atoms with E-state index in [2.05, 4.69) is 0 Å². The third kappa shape index (κ3) is 4.07. The van der Waals surface area contributed by atoms with Gasteiger partial charge in [0.25, 0.3) is 0 Å². The van der Waals surface area contributed by atoms with Gasteiger partial charge < -0.3 is 14.2 Å². The molecular formula is C23H18O5S. The standard InChI is InChI=1S/C23H18O5S/c1-14-9-17(27-21(24)13-18-7-4-8-29-18)12-19-22(14)23(25)20(28-19)11-15-5-3-6-16(10-15)26-2/h3-12H,13H2,1-2H3/b20-11-. The maximum atomic E-state index is 12.8. The van der Waals surface area contributed by atoms with Crippen LogP contribution in [0.3, 0.4) is 0 Å². The summed E-state index contributed by atoms with van der Waals surface area (Å²) in [5, 5.41) is 1.91. The van der Waals surface area contributed by atoms with E-state index >= 15 is 0 Å². The molecule has 29 heavy (non-hydrogen) atoms. The highest BCUT2D eigenvalue weighted by Crippen LogP contribution is 2.37. The quantitative estimate of drug-likeness (QED) is 0.345. The average Bonchev–Trinajstić information content (AvgIpc) is 3.30. The summed E-state index contributed by atoms with van der Waals surface area (Å²) in [5.41, 5.74) is 1.97. The normalized spacial score (nSPS) is 13.9. The number of Topliss-reactive ketones (excluding diaryl/α,β-unsaturated/α-hetero) is 1. The van der Waals surface area contributed by atoms with Gasteiger partial charge in [0, 0.05) is 10.9 Å². The second kappa shape index (κ2) is 7.93. The predicted molar refractivity (Wildman–Crippen MR) is 111 cm³/mol. The molecule has 0 unspecified atom stereocenters. The number of esters is 1. The van der Waals surface area contributed by atoms with E-state index in [1.54, 1.807) is 32.2 Å². The van der Waals surface area contributed by atoms with Crippen molar-refractivity contribution in [2.45, 2.75) is 13.3 Å². The Kier molecular flexibility index (Phi) is 5.18. The van der Waals surface area contributed by atoms with Gasteiger partial charge in [0.1, 0.15) is 17.2 Å². The van der Waals surface area contributed by atoms with E-state index in [-0.39, 0.29) is 23.9 Å². The molecule has 0 atom stereocenters. The molecule has 0 aliphatic carbocycles. The summed E-state index contributed by atoms with van der Waals surface area (Å²) in [5.74, 6) is 1.11. The van der Waals surface area contributed by atoms with Crippen molar-refractivity contribution >= 4 is 29.2 Å². The van der Waals surface area contributed by atoms with Crippen LogP contribution in [0.4, 0.5) is 0 Å². The highest BCUT2D eigenvalue weighted by molar-refractivity contribution is 7.10. The third-order valence-corrected chi connectivity index (χ3v) is 5.34. The zero-order valence-corrected chi connectivity index (χ0v) is 16.7. The number of methoxy groups -OCH3 is 1. The van der Waals surface area contributed by atoms with Crippen LogP contribution >= 0.6 is 11.3 Å². The van der Waals surface area contributed by atoms with E-state index in [0.717, 1.165) is 10.4 Å². The summed E-state index contributed by atoms with van der Waals surface area (Å²) >= 11 is 1.50. The molecule has 146 valence electrons. The molecule has 0 spiro atoms. The summed E-state index contributed by atoms with van der Waals surface area (Å²) in [6.07, 6.45) is 1.88. The van der Waals surface area contributed by atoms with Crippen LogP contribution in [0.25, 0.3) is 6.08 Å². The Morgan fingerprint density at radius 1 is 1.14 bits per heavy atom. The van der Waals surface area contributed by atoms with Gasteiger partial charge in [-0.15, -0.1) is 11.3 Å². The zero-order valence-electron chi connectivity index (χ0n) is 15.9. The van der Waals surface area contributed by atoms with Gasteiger partial charge in [0.15, 0.2) is 5.76 Å². The number of fused-ring (bicyclic) bond motifs is 1. The van der Waals surface area contributed by atoms with Gasteiger partial charge >= 0.3 is 5.97 Å². The van der Waals surface area contributed by atoms with Crippen molar-refractivity contribution < 1.29 is 23.8 Å². The van der Waals surface area contributed by atoms with Crippen molar-refractivity contribution in [3.8, 4) is 17.2 Å². The number of thiophene rings is 1. The Hall–Kier alpha value is -3.38. The fraction of sp³-hybridized carbons (Fsp3) is 0.130. The first-order valence-electron chi connectivity index (χ1n) is 8.99. The fourth-order valence-electron chi connectivity index (χ4n) is 3.14. The summed E-state index contributed by atoms with van der Waals surface area (Å²) in [4.78, 5) is 25.9. The van der Waals surface area contributed by atoms with Crippen LogP contribution in [0.15, 0.2) is 59.7 Å². The Morgan fingerprint density at radius 2 is 2.00 bits per heavy atom. The number of ether oxygens (including phenoxy) is 3. The Labute approximate surface area is 172 Å². The highest BCUT2D eigenvalue weighted by Gasteiger charge is 2.30. The second-order valence-corrected chi connectivity index (χ2v) is 7.59. The molecule has 0 fully saturated rings. The molecular weight excluding hydrogens is 388 g/mol. The van der Waals surface area contributed by atoms with Crippen molar-refractivity contribution in [2.24, 2.45) is 0 Å². The van der Waals surface area contributed by atoms with Crippen molar-refractivity contribution in [1.82, 2.24) is 0 Å². The lowest BCUT2D eigenvalue weighted by Crippen LogP contribution is -2.10. The molecule has 0 radical (unpaired) electrons. The number of benzene rings is 2. The number of hydrogen-bond acceptors (Lipinski definition) is 6. The van der Waals surface area contributed by atoms with Gasteiger partial charge in [0.2, 0.25) is 5.78 Å². The maximum absolute atomic E-state index is 12.8. The lowest BCUT2D eigenvalue weighted by molar-refractivity contribution is -0.133. The van der Waals surface area contributed by atoms with Crippen LogP contribution in [0.5, 0.6) is 17.2 Å². The molecule has 1 aromatic heterocycles. The summed E-state index contributed by atoms with van der Waals surface area (Å²) in [6.45, 7) is 1.80. The summed E-state index contributed by atoms with van der Waals surface area (Å²) < 4.78 is 16.5. The largest absolute Gasteiger partial charge is 0.497 e. The minimum atomic E-state index is -0.358. The molecule has 5 nitrogen and oxygen atoms in total. The number of rotatable bonds is 5. The molecule has 6 heteroatoms. The molecule has 0 amide bonds. The van der Waals surface area contributed by atoms with Crippen LogP contribution in [0.2, 0.25) is 0 Å². The molecule has 1 aliphatic heterocycles. The smallest absolute Gasteiger partial charge is 0.316 e. The average molecular weight is 406 g/mol. The van der Waals surface area contributed by atoms with Gasteiger partial charge in [-0.1, -0.05) is 18.2 Å². The number of carbonyl (C=O) groups is 2. The van der Waals surface area contributed by atoms with Crippen LogP contribution < -0.4 is 14.2 Å². The van der Waals surface area contributed by atoms with E-state index in [9.17, 15) is 9.59 Å². The molecule has 0 saturated heterocycles. The molecule has 2 aromatic carbocycles. The molecule has 4 rings (SSSR count). The van der Waals surface area contributed by atoms with Gasteiger partial charge in [-0.3, -0.25) is 9.59 Å². The lowest BCUT2D eigenvalue weighted by atomic mass is 10.0. The minimum Gasteiger partial charge on any atom is -0.497 e. The Bertz CT molecular complexity index is 1110. The second-order valence-electron chi connectivity index (χ2n) is 6.56. The van der Waals surface area contributed by atoms with Crippen LogP contribution in [-0.2, 0) is 11.2 Å². The van der Waals surface area contributed by atoms with Gasteiger partial charge in [-0.05, 0) is 53.8 Å². The number of hydrogen-bond donors (Lipinski definition) is 0. The molecule has 2 heterocycles.